The van der Waals surface area contributed by atoms with Crippen LogP contribution in [0.4, 0.5) is 5.13 Å². The molecule has 1 aromatic heterocycles. The molecule has 0 unspecified atom stereocenters. The van der Waals surface area contributed by atoms with Gasteiger partial charge in [-0.3, -0.25) is 0 Å². The second-order valence-corrected chi connectivity index (χ2v) is 6.39. The third kappa shape index (κ3) is 4.03. The second kappa shape index (κ2) is 5.98. The highest BCUT2D eigenvalue weighted by molar-refractivity contribution is 9.10. The van der Waals surface area contributed by atoms with Gasteiger partial charge >= 0.3 is 0 Å². The third-order valence-corrected chi connectivity index (χ3v) is 4.01. The summed E-state index contributed by atoms with van der Waals surface area (Å²) in [6.07, 6.45) is 1.12. The van der Waals surface area contributed by atoms with Crippen molar-refractivity contribution < 1.29 is 0 Å². The van der Waals surface area contributed by atoms with E-state index in [0.29, 0.717) is 6.54 Å². The maximum Gasteiger partial charge on any atom is 0.186 e. The molecule has 3 nitrogen and oxygen atoms in total. The van der Waals surface area contributed by atoms with E-state index in [0.717, 1.165) is 29.2 Å². The van der Waals surface area contributed by atoms with Crippen molar-refractivity contribution in [3.8, 4) is 0 Å². The predicted molar refractivity (Wildman–Crippen MR) is 75.2 cm³/mol. The van der Waals surface area contributed by atoms with Crippen molar-refractivity contribution in [3.63, 3.8) is 0 Å². The van der Waals surface area contributed by atoms with Crippen LogP contribution in [0.15, 0.2) is 9.98 Å². The van der Waals surface area contributed by atoms with Crippen molar-refractivity contribution in [2.24, 2.45) is 11.1 Å². The fourth-order valence-corrected chi connectivity index (χ4v) is 2.76. The van der Waals surface area contributed by atoms with Crippen LogP contribution in [0, 0.1) is 5.41 Å². The van der Waals surface area contributed by atoms with E-state index in [1.807, 2.05) is 5.38 Å². The van der Waals surface area contributed by atoms with Gasteiger partial charge in [0, 0.05) is 18.5 Å². The molecule has 5 heteroatoms. The van der Waals surface area contributed by atoms with Crippen molar-refractivity contribution in [1.82, 2.24) is 4.98 Å². The Morgan fingerprint density at radius 2 is 2.25 bits per heavy atom. The number of thiazole rings is 1. The molecule has 1 rings (SSSR count). The van der Waals surface area contributed by atoms with Crippen LogP contribution in [0.5, 0.6) is 0 Å². The molecule has 1 aromatic rings. The lowest BCUT2D eigenvalue weighted by atomic mass is 9.93. The highest BCUT2D eigenvalue weighted by Crippen LogP contribution is 2.26. The van der Waals surface area contributed by atoms with E-state index in [4.69, 9.17) is 5.73 Å². The Balaban J connectivity index is 2.75. The van der Waals surface area contributed by atoms with Crippen LogP contribution in [0.2, 0.25) is 0 Å². The fraction of sp³-hybridized carbons (Fsp3) is 0.727. The number of aromatic nitrogens is 1. The maximum absolute atomic E-state index is 5.78. The highest BCUT2D eigenvalue weighted by Gasteiger charge is 2.21. The summed E-state index contributed by atoms with van der Waals surface area (Å²) >= 11 is 5.07. The van der Waals surface area contributed by atoms with Gasteiger partial charge in [0.25, 0.3) is 0 Å². The van der Waals surface area contributed by atoms with Crippen molar-refractivity contribution in [2.45, 2.75) is 27.2 Å². The molecule has 92 valence electrons. The van der Waals surface area contributed by atoms with Gasteiger partial charge in [0.05, 0.1) is 0 Å². The summed E-state index contributed by atoms with van der Waals surface area (Å²) in [5, 5.41) is 3.10. The van der Waals surface area contributed by atoms with Gasteiger partial charge in [-0.25, -0.2) is 4.98 Å². The van der Waals surface area contributed by atoms with Crippen LogP contribution in [-0.4, -0.2) is 24.6 Å². The molecule has 0 aliphatic carbocycles. The van der Waals surface area contributed by atoms with Crippen LogP contribution >= 0.6 is 27.3 Å². The number of hydrogen-bond donors (Lipinski definition) is 1. The molecule has 0 fully saturated rings. The summed E-state index contributed by atoms with van der Waals surface area (Å²) in [5.41, 5.74) is 5.91. The summed E-state index contributed by atoms with van der Waals surface area (Å²) < 4.78 is 0.916. The van der Waals surface area contributed by atoms with E-state index in [1.54, 1.807) is 11.3 Å². The standard InChI is InChI=1S/C11H20BrN3S/c1-4-5-15(8-11(2,3)7-13)10-14-9(12)6-16-10/h6H,4-5,7-8,13H2,1-3H3. The zero-order chi connectivity index (χ0) is 12.2. The second-order valence-electron chi connectivity index (χ2n) is 4.74. The minimum Gasteiger partial charge on any atom is -0.347 e. The first kappa shape index (κ1) is 13.9. The van der Waals surface area contributed by atoms with Gasteiger partial charge in [-0.2, -0.15) is 0 Å². The molecule has 0 radical (unpaired) electrons. The Morgan fingerprint density at radius 1 is 1.56 bits per heavy atom. The lowest BCUT2D eigenvalue weighted by Crippen LogP contribution is -2.39. The fourth-order valence-electron chi connectivity index (χ4n) is 1.48. The summed E-state index contributed by atoms with van der Waals surface area (Å²) in [7, 11) is 0. The van der Waals surface area contributed by atoms with Gasteiger partial charge in [-0.15, -0.1) is 11.3 Å². The van der Waals surface area contributed by atoms with Crippen LogP contribution in [-0.2, 0) is 0 Å². The van der Waals surface area contributed by atoms with E-state index in [2.05, 4.69) is 46.6 Å². The number of halogens is 1. The van der Waals surface area contributed by atoms with Gasteiger partial charge in [-0.05, 0) is 34.3 Å². The molecular weight excluding hydrogens is 286 g/mol. The number of rotatable bonds is 6. The van der Waals surface area contributed by atoms with Gasteiger partial charge in [0.2, 0.25) is 0 Å². The van der Waals surface area contributed by atoms with E-state index in [-0.39, 0.29) is 5.41 Å². The minimum atomic E-state index is 0.132. The maximum atomic E-state index is 5.78. The molecule has 0 aliphatic heterocycles. The number of hydrogen-bond acceptors (Lipinski definition) is 4. The van der Waals surface area contributed by atoms with E-state index in [1.165, 1.54) is 0 Å². The van der Waals surface area contributed by atoms with Crippen LogP contribution in [0.3, 0.4) is 0 Å². The number of nitrogens with zero attached hydrogens (tertiary/aromatic N) is 2. The molecule has 0 bridgehead atoms. The Hall–Kier alpha value is -0.130. The lowest BCUT2D eigenvalue weighted by Gasteiger charge is -2.31. The summed E-state index contributed by atoms with van der Waals surface area (Å²) in [4.78, 5) is 6.79. The summed E-state index contributed by atoms with van der Waals surface area (Å²) in [5.74, 6) is 0. The highest BCUT2D eigenvalue weighted by atomic mass is 79.9. The van der Waals surface area contributed by atoms with Gasteiger partial charge in [0.1, 0.15) is 4.60 Å². The smallest absolute Gasteiger partial charge is 0.186 e. The molecule has 0 saturated carbocycles. The molecule has 0 saturated heterocycles. The van der Waals surface area contributed by atoms with E-state index in [9.17, 15) is 0 Å². The zero-order valence-electron chi connectivity index (χ0n) is 10.2. The quantitative estimate of drug-likeness (QED) is 0.878. The van der Waals surface area contributed by atoms with E-state index >= 15 is 0 Å². The minimum absolute atomic E-state index is 0.132. The SMILES string of the molecule is CCCN(CC(C)(C)CN)c1nc(Br)cs1. The average molecular weight is 306 g/mol. The van der Waals surface area contributed by atoms with Gasteiger partial charge in [-0.1, -0.05) is 20.8 Å². The molecular formula is C11H20BrN3S. The molecule has 0 amide bonds. The Bertz CT molecular complexity index is 325. The monoisotopic (exact) mass is 305 g/mol. The summed E-state index contributed by atoms with van der Waals surface area (Å²) in [6.45, 7) is 9.25. The average Bonchev–Trinajstić information content (AvgIpc) is 2.64. The topological polar surface area (TPSA) is 42.1 Å². The molecule has 0 atom stereocenters. The van der Waals surface area contributed by atoms with Crippen molar-refractivity contribution in [3.05, 3.63) is 9.98 Å². The largest absolute Gasteiger partial charge is 0.347 e. The summed E-state index contributed by atoms with van der Waals surface area (Å²) in [6, 6.07) is 0. The van der Waals surface area contributed by atoms with Crippen molar-refractivity contribution in [2.75, 3.05) is 24.5 Å². The predicted octanol–water partition coefficient (Wildman–Crippen LogP) is 3.11. The van der Waals surface area contributed by atoms with Crippen LogP contribution < -0.4 is 10.6 Å². The molecule has 2 N–H and O–H groups in total. The first-order valence-electron chi connectivity index (χ1n) is 5.54. The molecule has 16 heavy (non-hydrogen) atoms. The van der Waals surface area contributed by atoms with Crippen molar-refractivity contribution in [1.29, 1.82) is 0 Å². The first-order valence-corrected chi connectivity index (χ1v) is 7.22. The lowest BCUT2D eigenvalue weighted by molar-refractivity contribution is 0.377. The Kier molecular flexibility index (Phi) is 5.21. The zero-order valence-corrected chi connectivity index (χ0v) is 12.6. The molecule has 0 aromatic carbocycles. The molecule has 1 heterocycles. The third-order valence-electron chi connectivity index (χ3n) is 2.40. The number of anilines is 1. The van der Waals surface area contributed by atoms with Crippen LogP contribution in [0.1, 0.15) is 27.2 Å². The van der Waals surface area contributed by atoms with Crippen LogP contribution in [0.25, 0.3) is 0 Å². The van der Waals surface area contributed by atoms with Gasteiger partial charge in [0.15, 0.2) is 5.13 Å². The van der Waals surface area contributed by atoms with Crippen molar-refractivity contribution >= 4 is 32.4 Å². The normalized spacial score (nSPS) is 11.8. The molecule has 0 spiro atoms. The first-order chi connectivity index (χ1) is 7.48. The van der Waals surface area contributed by atoms with E-state index < -0.39 is 0 Å². The molecule has 0 aliphatic rings. The Labute approximate surface area is 110 Å². The van der Waals surface area contributed by atoms with Gasteiger partial charge < -0.3 is 10.6 Å². The Morgan fingerprint density at radius 3 is 2.69 bits per heavy atom. The number of nitrogens with two attached hydrogens (primary N) is 1.